The average Bonchev–Trinajstić information content (AvgIpc) is 2.48. The van der Waals surface area contributed by atoms with E-state index in [1.54, 1.807) is 0 Å². The van der Waals surface area contributed by atoms with Crippen molar-refractivity contribution in [2.45, 2.75) is 6.92 Å². The highest BCUT2D eigenvalue weighted by Crippen LogP contribution is 2.34. The van der Waals surface area contributed by atoms with Crippen molar-refractivity contribution < 1.29 is 0 Å². The van der Waals surface area contributed by atoms with Crippen molar-refractivity contribution in [3.05, 3.63) is 72.3 Å². The minimum absolute atomic E-state index is 1.22. The van der Waals surface area contributed by atoms with Crippen LogP contribution in [0.15, 0.2) is 61.2 Å². The van der Waals surface area contributed by atoms with Crippen molar-refractivity contribution in [1.82, 2.24) is 0 Å². The molecule has 3 aromatic rings. The van der Waals surface area contributed by atoms with Crippen molar-refractivity contribution in [2.75, 3.05) is 0 Å². The van der Waals surface area contributed by atoms with Crippen LogP contribution < -0.4 is 0 Å². The van der Waals surface area contributed by atoms with Crippen LogP contribution >= 0.6 is 0 Å². The predicted octanol–water partition coefficient (Wildman–Crippen LogP) is 5.67. The third kappa shape index (κ3) is 1.77. The summed E-state index contributed by atoms with van der Waals surface area (Å²) in [5.41, 5.74) is 2.47. The van der Waals surface area contributed by atoms with E-state index in [1.165, 1.54) is 32.7 Å². The Morgan fingerprint density at radius 2 is 1.21 bits per heavy atom. The maximum absolute atomic E-state index is 4.00. The van der Waals surface area contributed by atoms with Crippen LogP contribution in [0.2, 0.25) is 0 Å². The third-order valence-corrected chi connectivity index (χ3v) is 3.55. The van der Waals surface area contributed by atoms with E-state index in [4.69, 9.17) is 0 Å². The fourth-order valence-corrected chi connectivity index (χ4v) is 2.76. The van der Waals surface area contributed by atoms with E-state index >= 15 is 0 Å². The smallest absolute Gasteiger partial charge is 0.00990 e. The van der Waals surface area contributed by atoms with Crippen LogP contribution in [0.4, 0.5) is 0 Å². The van der Waals surface area contributed by atoms with Crippen molar-refractivity contribution in [2.24, 2.45) is 0 Å². The standard InChI is InChI=1S/C19H16/c1-3-9-15-14(4-2)16-10-5-6-12-18(16)19-13-8-7-11-17(15)19/h3-13H,2H2,1H3. The van der Waals surface area contributed by atoms with E-state index in [0.717, 1.165) is 0 Å². The summed E-state index contributed by atoms with van der Waals surface area (Å²) in [5.74, 6) is 0. The number of hydrogen-bond acceptors (Lipinski definition) is 0. The highest BCUT2D eigenvalue weighted by Gasteiger charge is 2.09. The second-order valence-corrected chi connectivity index (χ2v) is 4.62. The summed E-state index contributed by atoms with van der Waals surface area (Å²) in [6, 6.07) is 17.1. The molecule has 0 fully saturated rings. The van der Waals surface area contributed by atoms with Gasteiger partial charge in [-0.25, -0.2) is 0 Å². The lowest BCUT2D eigenvalue weighted by Gasteiger charge is -2.12. The van der Waals surface area contributed by atoms with Gasteiger partial charge in [-0.15, -0.1) is 0 Å². The Balaban J connectivity index is 2.64. The van der Waals surface area contributed by atoms with Gasteiger partial charge >= 0.3 is 0 Å². The van der Waals surface area contributed by atoms with E-state index < -0.39 is 0 Å². The van der Waals surface area contributed by atoms with Crippen LogP contribution in [0, 0.1) is 0 Å². The second kappa shape index (κ2) is 4.74. The van der Waals surface area contributed by atoms with Crippen molar-refractivity contribution in [3.8, 4) is 0 Å². The topological polar surface area (TPSA) is 0 Å². The van der Waals surface area contributed by atoms with Crippen molar-refractivity contribution in [3.63, 3.8) is 0 Å². The Bertz CT molecular complexity index is 792. The molecule has 0 atom stereocenters. The van der Waals surface area contributed by atoms with Crippen LogP contribution in [-0.2, 0) is 0 Å². The molecule has 3 rings (SSSR count). The summed E-state index contributed by atoms with van der Waals surface area (Å²) >= 11 is 0. The fraction of sp³-hybridized carbons (Fsp3) is 0.0526. The fourth-order valence-electron chi connectivity index (χ4n) is 2.76. The molecule has 0 heteroatoms. The van der Waals surface area contributed by atoms with E-state index in [1.807, 2.05) is 6.08 Å². The molecule has 0 saturated heterocycles. The molecule has 0 radical (unpaired) electrons. The lowest BCUT2D eigenvalue weighted by atomic mass is 9.91. The van der Waals surface area contributed by atoms with Gasteiger partial charge in [0, 0.05) is 0 Å². The Hall–Kier alpha value is -2.34. The molecule has 0 saturated carbocycles. The lowest BCUT2D eigenvalue weighted by molar-refractivity contribution is 1.69. The van der Waals surface area contributed by atoms with Gasteiger partial charge in [-0.2, -0.15) is 0 Å². The first-order valence-corrected chi connectivity index (χ1v) is 6.55. The van der Waals surface area contributed by atoms with Crippen molar-refractivity contribution in [1.29, 1.82) is 0 Å². The van der Waals surface area contributed by atoms with E-state index in [2.05, 4.69) is 74.2 Å². The summed E-state index contributed by atoms with van der Waals surface area (Å²) in [6.07, 6.45) is 6.22. The zero-order valence-electron chi connectivity index (χ0n) is 11.1. The largest absolute Gasteiger partial charge is 0.0984 e. The molecule has 0 aliphatic rings. The van der Waals surface area contributed by atoms with Crippen LogP contribution in [-0.4, -0.2) is 0 Å². The first-order chi connectivity index (χ1) is 9.36. The molecule has 0 aromatic heterocycles. The minimum atomic E-state index is 1.22. The average molecular weight is 244 g/mol. The molecule has 0 amide bonds. The highest BCUT2D eigenvalue weighted by molar-refractivity contribution is 6.14. The molecule has 0 aliphatic heterocycles. The maximum atomic E-state index is 4.00. The summed E-state index contributed by atoms with van der Waals surface area (Å²) < 4.78 is 0. The molecule has 0 heterocycles. The first kappa shape index (κ1) is 11.7. The van der Waals surface area contributed by atoms with Crippen LogP contribution in [0.3, 0.4) is 0 Å². The van der Waals surface area contributed by atoms with Gasteiger partial charge in [0.2, 0.25) is 0 Å². The number of rotatable bonds is 2. The molecule has 92 valence electrons. The van der Waals surface area contributed by atoms with Crippen LogP contribution in [0.1, 0.15) is 18.1 Å². The van der Waals surface area contributed by atoms with E-state index in [0.29, 0.717) is 0 Å². The summed E-state index contributed by atoms with van der Waals surface area (Å²) in [5, 5.41) is 5.15. The van der Waals surface area contributed by atoms with Gasteiger partial charge in [0.15, 0.2) is 0 Å². The van der Waals surface area contributed by atoms with E-state index in [-0.39, 0.29) is 0 Å². The quantitative estimate of drug-likeness (QED) is 0.509. The first-order valence-electron chi connectivity index (χ1n) is 6.55. The van der Waals surface area contributed by atoms with Crippen molar-refractivity contribution >= 4 is 33.7 Å². The van der Waals surface area contributed by atoms with Gasteiger partial charge in [0.1, 0.15) is 0 Å². The molecule has 0 aliphatic carbocycles. The monoisotopic (exact) mass is 244 g/mol. The second-order valence-electron chi connectivity index (χ2n) is 4.62. The number of allylic oxidation sites excluding steroid dienone is 1. The zero-order valence-corrected chi connectivity index (χ0v) is 11.1. The van der Waals surface area contributed by atoms with E-state index in [9.17, 15) is 0 Å². The molecule has 0 N–H and O–H groups in total. The van der Waals surface area contributed by atoms with Gasteiger partial charge in [-0.1, -0.05) is 73.3 Å². The van der Waals surface area contributed by atoms with Gasteiger partial charge in [-0.3, -0.25) is 0 Å². The highest BCUT2D eigenvalue weighted by atomic mass is 14.1. The third-order valence-electron chi connectivity index (χ3n) is 3.55. The Kier molecular flexibility index (Phi) is 2.92. The summed E-state index contributed by atoms with van der Waals surface area (Å²) in [6.45, 7) is 6.05. The summed E-state index contributed by atoms with van der Waals surface area (Å²) in [4.78, 5) is 0. The normalized spacial score (nSPS) is 11.4. The predicted molar refractivity (Wildman–Crippen MR) is 86.3 cm³/mol. The Morgan fingerprint density at radius 3 is 1.68 bits per heavy atom. The molecule has 0 spiro atoms. The number of hydrogen-bond donors (Lipinski definition) is 0. The molecular formula is C19H16. The zero-order chi connectivity index (χ0) is 13.2. The molecule has 0 bridgehead atoms. The van der Waals surface area contributed by atoms with Gasteiger partial charge in [0.05, 0.1) is 0 Å². The summed E-state index contributed by atoms with van der Waals surface area (Å²) in [7, 11) is 0. The SMILES string of the molecule is C=Cc1c(C=CC)c2ccccc2c2ccccc12. The van der Waals surface area contributed by atoms with Gasteiger partial charge in [0.25, 0.3) is 0 Å². The van der Waals surface area contributed by atoms with Crippen LogP contribution in [0.5, 0.6) is 0 Å². The maximum Gasteiger partial charge on any atom is -0.00990 e. The van der Waals surface area contributed by atoms with Crippen LogP contribution in [0.25, 0.3) is 33.7 Å². The minimum Gasteiger partial charge on any atom is -0.0984 e. The lowest BCUT2D eigenvalue weighted by Crippen LogP contribution is -1.88. The molecule has 0 unspecified atom stereocenters. The molecule has 19 heavy (non-hydrogen) atoms. The molecular weight excluding hydrogens is 228 g/mol. The molecule has 3 aromatic carbocycles. The Morgan fingerprint density at radius 1 is 0.737 bits per heavy atom. The molecule has 0 nitrogen and oxygen atoms in total. The Labute approximate surface area is 113 Å². The van der Waals surface area contributed by atoms with Gasteiger partial charge in [-0.05, 0) is 39.6 Å². The number of fused-ring (bicyclic) bond motifs is 3. The van der Waals surface area contributed by atoms with Gasteiger partial charge < -0.3 is 0 Å². The number of benzene rings is 3.